The number of benzene rings is 1. The van der Waals surface area contributed by atoms with Gasteiger partial charge in [0.15, 0.2) is 0 Å². The average Bonchev–Trinajstić information content (AvgIpc) is 3.10. The molecule has 1 aromatic heterocycles. The van der Waals surface area contributed by atoms with Gasteiger partial charge in [-0.15, -0.1) is 0 Å². The van der Waals surface area contributed by atoms with E-state index in [0.29, 0.717) is 13.0 Å². The van der Waals surface area contributed by atoms with Crippen LogP contribution in [-0.2, 0) is 11.2 Å². The van der Waals surface area contributed by atoms with Crippen LogP contribution in [0.4, 0.5) is 4.39 Å². The van der Waals surface area contributed by atoms with E-state index in [2.05, 4.69) is 15.7 Å². The van der Waals surface area contributed by atoms with E-state index in [1.807, 2.05) is 12.3 Å². The van der Waals surface area contributed by atoms with Crippen molar-refractivity contribution < 1.29 is 9.18 Å². The average molecular weight is 342 g/mol. The Balaban J connectivity index is 1.27. The molecule has 1 amide bonds. The molecule has 2 fully saturated rings. The summed E-state index contributed by atoms with van der Waals surface area (Å²) in [5.41, 5.74) is 2.01. The molecular formula is C19H23FN4O. The predicted octanol–water partition coefficient (Wildman–Crippen LogP) is 2.06. The van der Waals surface area contributed by atoms with E-state index in [1.54, 1.807) is 16.8 Å². The monoisotopic (exact) mass is 342 g/mol. The number of nitrogens with one attached hydrogen (secondary N) is 2. The van der Waals surface area contributed by atoms with Gasteiger partial charge in [0.1, 0.15) is 5.82 Å². The number of piperidine rings is 1. The Bertz CT molecular complexity index is 749. The highest BCUT2D eigenvalue weighted by Gasteiger charge is 2.57. The summed E-state index contributed by atoms with van der Waals surface area (Å²) >= 11 is 0. The number of hydrogen-bond acceptors (Lipinski definition) is 3. The summed E-state index contributed by atoms with van der Waals surface area (Å²) in [6, 6.07) is 8.16. The van der Waals surface area contributed by atoms with Gasteiger partial charge >= 0.3 is 0 Å². The summed E-state index contributed by atoms with van der Waals surface area (Å²) in [7, 11) is 0. The molecule has 1 aliphatic heterocycles. The number of hydrogen-bond donors (Lipinski definition) is 2. The normalized spacial score (nSPS) is 21.2. The van der Waals surface area contributed by atoms with Gasteiger partial charge in [0.25, 0.3) is 0 Å². The number of nitrogens with zero attached hydrogens (tertiary/aromatic N) is 2. The van der Waals surface area contributed by atoms with Crippen molar-refractivity contribution in [2.45, 2.75) is 25.7 Å². The fourth-order valence-corrected chi connectivity index (χ4v) is 3.87. The number of aromatic nitrogens is 2. The first-order valence-corrected chi connectivity index (χ1v) is 8.95. The molecule has 2 N–H and O–H groups in total. The van der Waals surface area contributed by atoms with Gasteiger partial charge in [-0.3, -0.25) is 4.79 Å². The van der Waals surface area contributed by atoms with Gasteiger partial charge in [0.2, 0.25) is 5.91 Å². The van der Waals surface area contributed by atoms with Gasteiger partial charge in [-0.1, -0.05) is 0 Å². The molecule has 2 aromatic rings. The third-order valence-corrected chi connectivity index (χ3v) is 5.52. The molecule has 2 aliphatic rings. The maximum absolute atomic E-state index is 13.0. The Morgan fingerprint density at radius 3 is 2.80 bits per heavy atom. The van der Waals surface area contributed by atoms with Crippen molar-refractivity contribution in [3.05, 3.63) is 48.0 Å². The second-order valence-electron chi connectivity index (χ2n) is 7.14. The zero-order valence-electron chi connectivity index (χ0n) is 14.2. The lowest BCUT2D eigenvalue weighted by atomic mass is 9.92. The maximum atomic E-state index is 13.0. The molecule has 1 saturated carbocycles. The number of carbonyl (C=O) groups is 1. The molecule has 1 atom stereocenters. The molecule has 1 saturated heterocycles. The molecule has 1 unspecified atom stereocenters. The third kappa shape index (κ3) is 3.44. The minimum absolute atomic E-state index is 0.194. The summed E-state index contributed by atoms with van der Waals surface area (Å²) in [4.78, 5) is 12.3. The molecule has 6 heteroatoms. The Morgan fingerprint density at radius 1 is 1.28 bits per heavy atom. The first-order chi connectivity index (χ1) is 12.2. The number of rotatable bonds is 5. The van der Waals surface area contributed by atoms with Crippen LogP contribution in [0.3, 0.4) is 0 Å². The number of halogens is 1. The maximum Gasteiger partial charge on any atom is 0.223 e. The van der Waals surface area contributed by atoms with Crippen LogP contribution in [0.2, 0.25) is 0 Å². The van der Waals surface area contributed by atoms with Crippen LogP contribution in [0.5, 0.6) is 0 Å². The second-order valence-corrected chi connectivity index (χ2v) is 7.14. The zero-order chi connectivity index (χ0) is 17.3. The standard InChI is InChI=1S/C19H23FN4O/c20-14-1-3-16(4-2-14)24-12-6-15(23-24)5-9-22-18(25)17-13-19(17)7-10-21-11-8-19/h1-4,6,12,17,21H,5,7-11,13H2,(H,22,25). The van der Waals surface area contributed by atoms with E-state index in [4.69, 9.17) is 0 Å². The quantitative estimate of drug-likeness (QED) is 0.874. The Labute approximate surface area is 146 Å². The molecule has 5 nitrogen and oxygen atoms in total. The highest BCUT2D eigenvalue weighted by Crippen LogP contribution is 2.58. The Hall–Kier alpha value is -2.21. The Kier molecular flexibility index (Phi) is 4.29. The van der Waals surface area contributed by atoms with Gasteiger partial charge in [-0.2, -0.15) is 5.10 Å². The first kappa shape index (κ1) is 16.3. The van der Waals surface area contributed by atoms with Gasteiger partial charge in [0, 0.05) is 25.1 Å². The summed E-state index contributed by atoms with van der Waals surface area (Å²) in [6.07, 6.45) is 5.83. The molecule has 4 rings (SSSR count). The van der Waals surface area contributed by atoms with E-state index >= 15 is 0 Å². The lowest BCUT2D eigenvalue weighted by molar-refractivity contribution is -0.123. The number of carbonyl (C=O) groups excluding carboxylic acids is 1. The molecule has 1 aromatic carbocycles. The van der Waals surface area contributed by atoms with Crippen LogP contribution in [-0.4, -0.2) is 35.3 Å². The van der Waals surface area contributed by atoms with Crippen LogP contribution in [0.15, 0.2) is 36.5 Å². The fourth-order valence-electron chi connectivity index (χ4n) is 3.87. The molecule has 0 radical (unpaired) electrons. The van der Waals surface area contributed by atoms with Crippen molar-refractivity contribution in [1.82, 2.24) is 20.4 Å². The van der Waals surface area contributed by atoms with E-state index < -0.39 is 0 Å². The summed E-state index contributed by atoms with van der Waals surface area (Å²) in [6.45, 7) is 2.67. The van der Waals surface area contributed by atoms with Gasteiger partial charge < -0.3 is 10.6 Å². The summed E-state index contributed by atoms with van der Waals surface area (Å²) in [5, 5.41) is 10.9. The van der Waals surface area contributed by atoms with Crippen LogP contribution >= 0.6 is 0 Å². The smallest absolute Gasteiger partial charge is 0.223 e. The molecule has 1 aliphatic carbocycles. The lowest BCUT2D eigenvalue weighted by Gasteiger charge is -2.23. The van der Waals surface area contributed by atoms with Crippen molar-refractivity contribution in [3.8, 4) is 5.69 Å². The summed E-state index contributed by atoms with van der Waals surface area (Å²) in [5.74, 6) is 0.136. The van der Waals surface area contributed by atoms with E-state index in [1.165, 1.54) is 12.1 Å². The van der Waals surface area contributed by atoms with Crippen LogP contribution in [0.25, 0.3) is 5.69 Å². The first-order valence-electron chi connectivity index (χ1n) is 8.95. The van der Waals surface area contributed by atoms with Crippen molar-refractivity contribution in [1.29, 1.82) is 0 Å². The lowest BCUT2D eigenvalue weighted by Crippen LogP contribution is -2.34. The van der Waals surface area contributed by atoms with E-state index in [9.17, 15) is 9.18 Å². The van der Waals surface area contributed by atoms with Gasteiger partial charge in [-0.25, -0.2) is 9.07 Å². The second kappa shape index (κ2) is 6.59. The molecule has 25 heavy (non-hydrogen) atoms. The van der Waals surface area contributed by atoms with Crippen LogP contribution < -0.4 is 10.6 Å². The van der Waals surface area contributed by atoms with Crippen LogP contribution in [0.1, 0.15) is 25.0 Å². The molecule has 0 bridgehead atoms. The topological polar surface area (TPSA) is 59.0 Å². The summed E-state index contributed by atoms with van der Waals surface area (Å²) < 4.78 is 14.7. The zero-order valence-corrected chi connectivity index (χ0v) is 14.2. The molecule has 2 heterocycles. The third-order valence-electron chi connectivity index (χ3n) is 5.52. The molecular weight excluding hydrogens is 319 g/mol. The van der Waals surface area contributed by atoms with Crippen molar-refractivity contribution >= 4 is 5.91 Å². The van der Waals surface area contributed by atoms with Crippen molar-refractivity contribution in [3.63, 3.8) is 0 Å². The van der Waals surface area contributed by atoms with Gasteiger partial charge in [0.05, 0.1) is 11.4 Å². The minimum Gasteiger partial charge on any atom is -0.355 e. The van der Waals surface area contributed by atoms with Crippen molar-refractivity contribution in [2.75, 3.05) is 19.6 Å². The fraction of sp³-hybridized carbons (Fsp3) is 0.474. The van der Waals surface area contributed by atoms with Crippen molar-refractivity contribution in [2.24, 2.45) is 11.3 Å². The highest BCUT2D eigenvalue weighted by atomic mass is 19.1. The highest BCUT2D eigenvalue weighted by molar-refractivity contribution is 5.82. The van der Waals surface area contributed by atoms with Crippen LogP contribution in [0, 0.1) is 17.2 Å². The molecule has 1 spiro atoms. The van der Waals surface area contributed by atoms with E-state index in [-0.39, 0.29) is 23.1 Å². The molecule has 132 valence electrons. The number of amides is 1. The largest absolute Gasteiger partial charge is 0.355 e. The van der Waals surface area contributed by atoms with E-state index in [0.717, 1.165) is 43.7 Å². The predicted molar refractivity (Wildman–Crippen MR) is 92.9 cm³/mol. The SMILES string of the molecule is O=C(NCCc1ccn(-c2ccc(F)cc2)n1)C1CC12CCNCC2. The Morgan fingerprint density at radius 2 is 2.04 bits per heavy atom. The van der Waals surface area contributed by atoms with Gasteiger partial charge in [-0.05, 0) is 68.1 Å². The minimum atomic E-state index is -0.259.